The predicted octanol–water partition coefficient (Wildman–Crippen LogP) is 1.89. The minimum absolute atomic E-state index is 0. The molecule has 1 aromatic rings. The van der Waals surface area contributed by atoms with Crippen LogP contribution < -0.4 is 10.5 Å². The van der Waals surface area contributed by atoms with Crippen molar-refractivity contribution in [3.05, 3.63) is 29.8 Å². The zero-order valence-electron chi connectivity index (χ0n) is 9.01. The van der Waals surface area contributed by atoms with Crippen molar-refractivity contribution >= 4 is 12.4 Å². The van der Waals surface area contributed by atoms with E-state index in [1.807, 2.05) is 31.2 Å². The Kier molecular flexibility index (Phi) is 6.32. The van der Waals surface area contributed by atoms with Crippen molar-refractivity contribution in [1.29, 1.82) is 0 Å². The molecule has 0 amide bonds. The van der Waals surface area contributed by atoms with E-state index in [4.69, 9.17) is 10.5 Å². The summed E-state index contributed by atoms with van der Waals surface area (Å²) in [6.45, 7) is 1.90. The second-order valence-electron chi connectivity index (χ2n) is 3.24. The molecule has 2 atom stereocenters. The van der Waals surface area contributed by atoms with E-state index < -0.39 is 6.10 Å². The number of aliphatic hydroxyl groups is 1. The first kappa shape index (κ1) is 14.2. The van der Waals surface area contributed by atoms with Gasteiger partial charge in [-0.1, -0.05) is 25.1 Å². The standard InChI is InChI=1S/C11H17NO2.ClH/c1-3-9(13)11(12)8-6-4-5-7-10(8)14-2;/h4-7,9,11,13H,3,12H2,1-2H3;1H/t9-,11+;/m1./s1. The number of hydrogen-bond acceptors (Lipinski definition) is 3. The zero-order valence-corrected chi connectivity index (χ0v) is 9.83. The lowest BCUT2D eigenvalue weighted by molar-refractivity contribution is 0.139. The van der Waals surface area contributed by atoms with Crippen LogP contribution in [0.4, 0.5) is 0 Å². The van der Waals surface area contributed by atoms with Gasteiger partial charge in [-0.25, -0.2) is 0 Å². The third-order valence-corrected chi connectivity index (χ3v) is 2.33. The van der Waals surface area contributed by atoms with E-state index in [1.165, 1.54) is 0 Å². The lowest BCUT2D eigenvalue weighted by Crippen LogP contribution is -2.25. The zero-order chi connectivity index (χ0) is 10.6. The third kappa shape index (κ3) is 3.38. The molecule has 1 rings (SSSR count). The van der Waals surface area contributed by atoms with Crippen LogP contribution in [0.2, 0.25) is 0 Å². The maximum Gasteiger partial charge on any atom is 0.123 e. The van der Waals surface area contributed by atoms with Gasteiger partial charge in [0.25, 0.3) is 0 Å². The molecule has 86 valence electrons. The minimum Gasteiger partial charge on any atom is -0.496 e. The average molecular weight is 232 g/mol. The predicted molar refractivity (Wildman–Crippen MR) is 63.5 cm³/mol. The van der Waals surface area contributed by atoms with Gasteiger partial charge in [-0.2, -0.15) is 0 Å². The maximum absolute atomic E-state index is 9.62. The summed E-state index contributed by atoms with van der Waals surface area (Å²) in [7, 11) is 1.60. The molecule has 0 saturated carbocycles. The summed E-state index contributed by atoms with van der Waals surface area (Å²) in [6.07, 6.45) is 0.116. The highest BCUT2D eigenvalue weighted by Gasteiger charge is 2.17. The number of para-hydroxylation sites is 1. The molecule has 0 aliphatic carbocycles. The van der Waals surface area contributed by atoms with Crippen molar-refractivity contribution < 1.29 is 9.84 Å². The fourth-order valence-electron chi connectivity index (χ4n) is 1.40. The lowest BCUT2D eigenvalue weighted by Gasteiger charge is -2.19. The molecule has 3 N–H and O–H groups in total. The number of hydrogen-bond donors (Lipinski definition) is 2. The van der Waals surface area contributed by atoms with Crippen molar-refractivity contribution in [2.45, 2.75) is 25.5 Å². The summed E-state index contributed by atoms with van der Waals surface area (Å²) >= 11 is 0. The fraction of sp³-hybridized carbons (Fsp3) is 0.455. The van der Waals surface area contributed by atoms with Gasteiger partial charge in [0.05, 0.1) is 19.3 Å². The summed E-state index contributed by atoms with van der Waals surface area (Å²) in [5, 5.41) is 9.62. The topological polar surface area (TPSA) is 55.5 Å². The number of halogens is 1. The van der Waals surface area contributed by atoms with Crippen LogP contribution in [0.15, 0.2) is 24.3 Å². The monoisotopic (exact) mass is 231 g/mol. The van der Waals surface area contributed by atoms with Crippen LogP contribution >= 0.6 is 12.4 Å². The minimum atomic E-state index is -0.522. The van der Waals surface area contributed by atoms with Gasteiger partial charge >= 0.3 is 0 Å². The van der Waals surface area contributed by atoms with Gasteiger partial charge in [0, 0.05) is 5.56 Å². The summed E-state index contributed by atoms with van der Waals surface area (Å²) < 4.78 is 5.17. The normalized spacial score (nSPS) is 13.9. The van der Waals surface area contributed by atoms with E-state index >= 15 is 0 Å². The third-order valence-electron chi connectivity index (χ3n) is 2.33. The summed E-state index contributed by atoms with van der Waals surface area (Å²) in [5.74, 6) is 0.729. The van der Waals surface area contributed by atoms with E-state index in [2.05, 4.69) is 0 Å². The lowest BCUT2D eigenvalue weighted by atomic mass is 10.00. The van der Waals surface area contributed by atoms with Crippen LogP contribution in [-0.2, 0) is 0 Å². The molecular formula is C11H18ClNO2. The van der Waals surface area contributed by atoms with Gasteiger partial charge in [-0.15, -0.1) is 12.4 Å². The molecule has 0 heterocycles. The van der Waals surface area contributed by atoms with Gasteiger partial charge in [-0.3, -0.25) is 0 Å². The number of nitrogens with two attached hydrogens (primary N) is 1. The molecule has 0 saturated heterocycles. The Morgan fingerprint density at radius 1 is 1.40 bits per heavy atom. The highest BCUT2D eigenvalue weighted by molar-refractivity contribution is 5.85. The van der Waals surface area contributed by atoms with Gasteiger partial charge in [0.15, 0.2) is 0 Å². The molecule has 0 aromatic heterocycles. The highest BCUT2D eigenvalue weighted by Crippen LogP contribution is 2.25. The Bertz CT molecular complexity index is 294. The Labute approximate surface area is 96.7 Å². The Balaban J connectivity index is 0.00000196. The van der Waals surface area contributed by atoms with Crippen LogP contribution in [0.1, 0.15) is 24.9 Å². The molecule has 0 radical (unpaired) electrons. The summed E-state index contributed by atoms with van der Waals surface area (Å²) in [6, 6.07) is 7.11. The van der Waals surface area contributed by atoms with E-state index in [0.717, 1.165) is 11.3 Å². The Morgan fingerprint density at radius 2 is 2.00 bits per heavy atom. The summed E-state index contributed by atoms with van der Waals surface area (Å²) in [4.78, 5) is 0. The molecule has 0 aliphatic heterocycles. The van der Waals surface area contributed by atoms with Gasteiger partial charge < -0.3 is 15.6 Å². The van der Waals surface area contributed by atoms with E-state index in [1.54, 1.807) is 7.11 Å². The SMILES string of the molecule is CC[C@@H](O)[C@@H](N)c1ccccc1OC.Cl. The number of aliphatic hydroxyl groups excluding tert-OH is 1. The number of benzene rings is 1. The first-order chi connectivity index (χ1) is 6.70. The van der Waals surface area contributed by atoms with Gasteiger partial charge in [0.2, 0.25) is 0 Å². The van der Waals surface area contributed by atoms with E-state index in [-0.39, 0.29) is 18.4 Å². The van der Waals surface area contributed by atoms with Crippen LogP contribution in [0, 0.1) is 0 Å². The highest BCUT2D eigenvalue weighted by atomic mass is 35.5. The van der Waals surface area contributed by atoms with Crippen LogP contribution in [-0.4, -0.2) is 18.3 Å². The van der Waals surface area contributed by atoms with Crippen molar-refractivity contribution in [3.63, 3.8) is 0 Å². The fourth-order valence-corrected chi connectivity index (χ4v) is 1.40. The maximum atomic E-state index is 9.62. The Hall–Kier alpha value is -0.770. The van der Waals surface area contributed by atoms with Crippen molar-refractivity contribution in [1.82, 2.24) is 0 Å². The van der Waals surface area contributed by atoms with Crippen molar-refractivity contribution in [2.24, 2.45) is 5.73 Å². The molecule has 0 unspecified atom stereocenters. The molecule has 0 spiro atoms. The molecule has 3 nitrogen and oxygen atoms in total. The van der Waals surface area contributed by atoms with Crippen LogP contribution in [0.3, 0.4) is 0 Å². The average Bonchev–Trinajstić information content (AvgIpc) is 2.26. The molecule has 0 bridgehead atoms. The quantitative estimate of drug-likeness (QED) is 0.832. The molecule has 0 aliphatic rings. The Morgan fingerprint density at radius 3 is 2.53 bits per heavy atom. The smallest absolute Gasteiger partial charge is 0.123 e. The number of methoxy groups -OCH3 is 1. The largest absolute Gasteiger partial charge is 0.496 e. The van der Waals surface area contributed by atoms with Gasteiger partial charge in [-0.05, 0) is 12.5 Å². The van der Waals surface area contributed by atoms with Gasteiger partial charge in [0.1, 0.15) is 5.75 Å². The first-order valence-electron chi connectivity index (χ1n) is 4.77. The van der Waals surface area contributed by atoms with Crippen molar-refractivity contribution in [3.8, 4) is 5.75 Å². The van der Waals surface area contributed by atoms with E-state index in [9.17, 15) is 5.11 Å². The number of rotatable bonds is 4. The molecule has 1 aromatic carbocycles. The van der Waals surface area contributed by atoms with Crippen molar-refractivity contribution in [2.75, 3.05) is 7.11 Å². The summed E-state index contributed by atoms with van der Waals surface area (Å²) in [5.41, 5.74) is 6.75. The molecule has 0 fully saturated rings. The second kappa shape index (κ2) is 6.67. The first-order valence-corrected chi connectivity index (χ1v) is 4.77. The molecule has 15 heavy (non-hydrogen) atoms. The molecular weight excluding hydrogens is 214 g/mol. The number of ether oxygens (including phenoxy) is 1. The van der Waals surface area contributed by atoms with Crippen LogP contribution in [0.5, 0.6) is 5.75 Å². The van der Waals surface area contributed by atoms with Crippen LogP contribution in [0.25, 0.3) is 0 Å². The molecule has 4 heteroatoms. The second-order valence-corrected chi connectivity index (χ2v) is 3.24. The van der Waals surface area contributed by atoms with E-state index in [0.29, 0.717) is 6.42 Å².